The van der Waals surface area contributed by atoms with Gasteiger partial charge in [-0.15, -0.1) is 0 Å². The van der Waals surface area contributed by atoms with E-state index in [2.05, 4.69) is 0 Å². The maximum absolute atomic E-state index is 10.8. The van der Waals surface area contributed by atoms with E-state index >= 15 is 0 Å². The molecule has 0 N–H and O–H groups in total. The summed E-state index contributed by atoms with van der Waals surface area (Å²) in [5.74, 6) is -0.0508. The molecular weight excluding hydrogens is 187 g/mol. The molecule has 0 saturated carbocycles. The van der Waals surface area contributed by atoms with Crippen LogP contribution in [0.5, 0.6) is 0 Å². The highest BCUT2D eigenvalue weighted by Gasteiger charge is 2.05. The Balaban J connectivity index is 3.64. The molecule has 0 aromatic carbocycles. The van der Waals surface area contributed by atoms with Crippen molar-refractivity contribution in [2.75, 3.05) is 24.8 Å². The van der Waals surface area contributed by atoms with Crippen molar-refractivity contribution in [2.45, 2.75) is 6.92 Å². The van der Waals surface area contributed by atoms with Crippen LogP contribution in [-0.2, 0) is 18.9 Å². The van der Waals surface area contributed by atoms with Gasteiger partial charge in [-0.05, 0) is 6.92 Å². The molecule has 1 unspecified atom stereocenters. The second-order valence-corrected chi connectivity index (χ2v) is 5.98. The first-order chi connectivity index (χ1) is 4.95. The molecule has 0 heterocycles. The maximum Gasteiger partial charge on any atom is 0.192 e. The van der Waals surface area contributed by atoms with E-state index in [1.807, 2.05) is 0 Å². The summed E-state index contributed by atoms with van der Waals surface area (Å²) in [7, 11) is -5.09. The van der Waals surface area contributed by atoms with Crippen molar-refractivity contribution in [3.8, 4) is 0 Å². The van der Waals surface area contributed by atoms with Crippen LogP contribution in [0.3, 0.4) is 0 Å². The largest absolute Gasteiger partial charge is 0.331 e. The molecule has 0 aliphatic heterocycles. The average molecular weight is 200 g/mol. The summed E-state index contributed by atoms with van der Waals surface area (Å²) in [6, 6.07) is 0. The van der Waals surface area contributed by atoms with Gasteiger partial charge in [-0.3, -0.25) is 4.57 Å². The number of sulfone groups is 1. The van der Waals surface area contributed by atoms with E-state index in [0.29, 0.717) is 6.61 Å². The van der Waals surface area contributed by atoms with Gasteiger partial charge in [-0.1, -0.05) is 0 Å². The van der Waals surface area contributed by atoms with Crippen LogP contribution in [-0.4, -0.2) is 33.2 Å². The second kappa shape index (κ2) is 4.91. The van der Waals surface area contributed by atoms with Crippen LogP contribution in [0.4, 0.5) is 0 Å². The first kappa shape index (κ1) is 11.1. The first-order valence-corrected chi connectivity index (χ1v) is 6.87. The normalized spacial score (nSPS) is 14.7. The van der Waals surface area contributed by atoms with Gasteiger partial charge in [0.05, 0.1) is 12.4 Å². The van der Waals surface area contributed by atoms with Gasteiger partial charge >= 0.3 is 0 Å². The number of rotatable bonds is 5. The third-order valence-electron chi connectivity index (χ3n) is 0.982. The number of hydrogen-bond donors (Lipinski definition) is 0. The minimum absolute atomic E-state index is 0.0508. The van der Waals surface area contributed by atoms with E-state index in [9.17, 15) is 13.0 Å². The summed E-state index contributed by atoms with van der Waals surface area (Å²) >= 11 is 0. The van der Waals surface area contributed by atoms with Gasteiger partial charge < -0.3 is 4.52 Å². The van der Waals surface area contributed by atoms with Gasteiger partial charge in [0, 0.05) is 12.4 Å². The van der Waals surface area contributed by atoms with Crippen molar-refractivity contribution >= 4 is 17.9 Å². The first-order valence-electron chi connectivity index (χ1n) is 3.29. The lowest BCUT2D eigenvalue weighted by molar-refractivity contribution is 0.351. The lowest BCUT2D eigenvalue weighted by Crippen LogP contribution is -2.05. The molecule has 11 heavy (non-hydrogen) atoms. The lowest BCUT2D eigenvalue weighted by Gasteiger charge is -1.99. The number of hydrogen-bond acceptors (Lipinski definition) is 4. The predicted octanol–water partition coefficient (Wildman–Crippen LogP) is 0.542. The molecule has 0 aromatic rings. The lowest BCUT2D eigenvalue weighted by atomic mass is 10.9. The Morgan fingerprint density at radius 2 is 2.00 bits per heavy atom. The molecular formula is C5H13O4PS. The fourth-order valence-electron chi connectivity index (χ4n) is 0.502. The summed E-state index contributed by atoms with van der Waals surface area (Å²) < 4.78 is 36.6. The quantitative estimate of drug-likeness (QED) is 0.608. The Hall–Kier alpha value is 0.140. The zero-order chi connectivity index (χ0) is 8.91. The van der Waals surface area contributed by atoms with Crippen LogP contribution in [0.1, 0.15) is 6.92 Å². The molecule has 4 nitrogen and oxygen atoms in total. The topological polar surface area (TPSA) is 60.4 Å². The SMILES string of the molecule is CCO[PH](=O)CCS(C)(=O)=O. The van der Waals surface area contributed by atoms with Crippen LogP contribution in [0.2, 0.25) is 0 Å². The molecule has 0 rings (SSSR count). The van der Waals surface area contributed by atoms with E-state index in [-0.39, 0.29) is 11.9 Å². The van der Waals surface area contributed by atoms with Crippen LogP contribution < -0.4 is 0 Å². The molecule has 1 atom stereocenters. The second-order valence-electron chi connectivity index (χ2n) is 2.18. The molecule has 0 aromatic heterocycles. The highest BCUT2D eigenvalue weighted by Crippen LogP contribution is 2.20. The standard InChI is InChI=1S/C5H13O4PS/c1-3-9-10(6)4-5-11(2,7)8/h10H,3-5H2,1-2H3. The van der Waals surface area contributed by atoms with Gasteiger partial charge in [0.15, 0.2) is 8.03 Å². The van der Waals surface area contributed by atoms with Crippen LogP contribution >= 0.6 is 8.03 Å². The average Bonchev–Trinajstić information content (AvgIpc) is 1.83. The maximum atomic E-state index is 10.8. The summed E-state index contributed by atoms with van der Waals surface area (Å²) in [5, 5.41) is 0. The summed E-state index contributed by atoms with van der Waals surface area (Å²) in [6.07, 6.45) is 1.26. The van der Waals surface area contributed by atoms with E-state index in [1.165, 1.54) is 0 Å². The highest BCUT2D eigenvalue weighted by atomic mass is 32.2. The molecule has 68 valence electrons. The smallest absolute Gasteiger partial charge is 0.192 e. The molecule has 6 heteroatoms. The van der Waals surface area contributed by atoms with E-state index < -0.39 is 17.9 Å². The monoisotopic (exact) mass is 200 g/mol. The summed E-state index contributed by atoms with van der Waals surface area (Å²) in [5.41, 5.74) is 0. The Labute approximate surface area is 67.7 Å². The zero-order valence-electron chi connectivity index (χ0n) is 6.66. The molecule has 0 radical (unpaired) electrons. The van der Waals surface area contributed by atoms with Crippen molar-refractivity contribution in [2.24, 2.45) is 0 Å². The summed E-state index contributed by atoms with van der Waals surface area (Å²) in [6.45, 7) is 2.10. The van der Waals surface area contributed by atoms with Gasteiger partial charge in [0.25, 0.3) is 0 Å². The molecule has 0 spiro atoms. The fourth-order valence-corrected chi connectivity index (χ4v) is 3.12. The zero-order valence-corrected chi connectivity index (χ0v) is 8.48. The van der Waals surface area contributed by atoms with Crippen LogP contribution in [0.25, 0.3) is 0 Å². The molecule has 0 aliphatic rings. The molecule has 0 amide bonds. The van der Waals surface area contributed by atoms with Crippen LogP contribution in [0, 0.1) is 0 Å². The van der Waals surface area contributed by atoms with Crippen molar-refractivity contribution in [3.63, 3.8) is 0 Å². The summed E-state index contributed by atoms with van der Waals surface area (Å²) in [4.78, 5) is 0. The minimum Gasteiger partial charge on any atom is -0.331 e. The molecule has 0 fully saturated rings. The molecule has 0 saturated heterocycles. The van der Waals surface area contributed by atoms with E-state index in [4.69, 9.17) is 4.52 Å². The van der Waals surface area contributed by atoms with Gasteiger partial charge in [-0.2, -0.15) is 0 Å². The van der Waals surface area contributed by atoms with Gasteiger partial charge in [0.1, 0.15) is 9.84 Å². The highest BCUT2D eigenvalue weighted by molar-refractivity contribution is 7.90. The van der Waals surface area contributed by atoms with E-state index in [1.54, 1.807) is 6.92 Å². The van der Waals surface area contributed by atoms with Gasteiger partial charge in [0.2, 0.25) is 0 Å². The Bertz CT molecular complexity index is 221. The Kier molecular flexibility index (Phi) is 4.97. The Morgan fingerprint density at radius 3 is 2.36 bits per heavy atom. The van der Waals surface area contributed by atoms with Crippen molar-refractivity contribution in [3.05, 3.63) is 0 Å². The Morgan fingerprint density at radius 1 is 1.45 bits per heavy atom. The molecule has 0 bridgehead atoms. The van der Waals surface area contributed by atoms with Crippen molar-refractivity contribution in [1.82, 2.24) is 0 Å². The van der Waals surface area contributed by atoms with Crippen molar-refractivity contribution in [1.29, 1.82) is 0 Å². The third-order valence-corrected chi connectivity index (χ3v) is 3.56. The fraction of sp³-hybridized carbons (Fsp3) is 1.00. The third kappa shape index (κ3) is 8.04. The van der Waals surface area contributed by atoms with Crippen LogP contribution in [0.15, 0.2) is 0 Å². The van der Waals surface area contributed by atoms with Gasteiger partial charge in [-0.25, -0.2) is 8.42 Å². The minimum atomic E-state index is -2.99. The van der Waals surface area contributed by atoms with Crippen molar-refractivity contribution < 1.29 is 17.5 Å². The van der Waals surface area contributed by atoms with E-state index in [0.717, 1.165) is 6.26 Å². The predicted molar refractivity (Wildman–Crippen MR) is 45.2 cm³/mol. The molecule has 0 aliphatic carbocycles.